The van der Waals surface area contributed by atoms with Gasteiger partial charge in [0.2, 0.25) is 5.91 Å². The molecular weight excluding hydrogens is 274 g/mol. The van der Waals surface area contributed by atoms with Gasteiger partial charge in [0.25, 0.3) is 0 Å². The number of carbonyl (C=O) groups is 3. The van der Waals surface area contributed by atoms with E-state index in [-0.39, 0.29) is 12.5 Å². The van der Waals surface area contributed by atoms with E-state index in [1.165, 1.54) is 6.92 Å². The standard InChI is InChI=1S/C14H15N3O4/c1-3-8-17(9-13(19)20)14(21)16-12-6-4-11(5-7-12)15-10(2)18/h1,4-7H,8-9H2,2H3,(H,15,18)(H,16,21)(H,19,20). The molecule has 0 saturated carbocycles. The van der Waals surface area contributed by atoms with Crippen LogP contribution in [-0.4, -0.2) is 41.0 Å². The molecule has 0 saturated heterocycles. The van der Waals surface area contributed by atoms with Crippen molar-refractivity contribution in [2.75, 3.05) is 23.7 Å². The summed E-state index contributed by atoms with van der Waals surface area (Å²) < 4.78 is 0. The summed E-state index contributed by atoms with van der Waals surface area (Å²) in [6.45, 7) is 0.793. The molecule has 7 heteroatoms. The molecule has 110 valence electrons. The number of hydrogen-bond donors (Lipinski definition) is 3. The lowest BCUT2D eigenvalue weighted by Crippen LogP contribution is -2.39. The number of carbonyl (C=O) groups excluding carboxylic acids is 2. The van der Waals surface area contributed by atoms with Crippen LogP contribution in [0.25, 0.3) is 0 Å². The van der Waals surface area contributed by atoms with Gasteiger partial charge < -0.3 is 20.6 Å². The topological polar surface area (TPSA) is 98.7 Å². The maximum atomic E-state index is 11.9. The summed E-state index contributed by atoms with van der Waals surface area (Å²) in [6.07, 6.45) is 5.10. The zero-order valence-corrected chi connectivity index (χ0v) is 11.4. The smallest absolute Gasteiger partial charge is 0.323 e. The Morgan fingerprint density at radius 3 is 2.14 bits per heavy atom. The second-order valence-electron chi connectivity index (χ2n) is 4.14. The van der Waals surface area contributed by atoms with Crippen molar-refractivity contribution in [2.24, 2.45) is 0 Å². The number of nitrogens with one attached hydrogen (secondary N) is 2. The van der Waals surface area contributed by atoms with E-state index >= 15 is 0 Å². The first-order valence-electron chi connectivity index (χ1n) is 6.01. The molecule has 0 aliphatic rings. The molecular formula is C14H15N3O4. The predicted molar refractivity (Wildman–Crippen MR) is 77.8 cm³/mol. The first-order chi connectivity index (χ1) is 9.92. The van der Waals surface area contributed by atoms with Crippen LogP contribution in [-0.2, 0) is 9.59 Å². The number of rotatable bonds is 5. The van der Waals surface area contributed by atoms with E-state index in [4.69, 9.17) is 11.5 Å². The number of urea groups is 1. The average molecular weight is 289 g/mol. The third-order valence-corrected chi connectivity index (χ3v) is 2.35. The molecule has 1 aromatic rings. The minimum atomic E-state index is -1.15. The molecule has 21 heavy (non-hydrogen) atoms. The number of amides is 3. The van der Waals surface area contributed by atoms with Crippen LogP contribution < -0.4 is 10.6 Å². The lowest BCUT2D eigenvalue weighted by atomic mass is 10.3. The Hall–Kier alpha value is -3.01. The van der Waals surface area contributed by atoms with E-state index in [0.717, 1.165) is 4.90 Å². The van der Waals surface area contributed by atoms with Gasteiger partial charge in [0.05, 0.1) is 6.54 Å². The summed E-state index contributed by atoms with van der Waals surface area (Å²) in [4.78, 5) is 34.4. The molecule has 1 rings (SSSR count). The highest BCUT2D eigenvalue weighted by Gasteiger charge is 2.15. The van der Waals surface area contributed by atoms with Gasteiger partial charge in [0.1, 0.15) is 6.54 Å². The van der Waals surface area contributed by atoms with Gasteiger partial charge in [-0.2, -0.15) is 0 Å². The second-order valence-corrected chi connectivity index (χ2v) is 4.14. The number of aliphatic carboxylic acids is 1. The van der Waals surface area contributed by atoms with Crippen molar-refractivity contribution in [3.8, 4) is 12.3 Å². The van der Waals surface area contributed by atoms with Crippen LogP contribution in [0.3, 0.4) is 0 Å². The summed E-state index contributed by atoms with van der Waals surface area (Å²) >= 11 is 0. The molecule has 0 aromatic heterocycles. The van der Waals surface area contributed by atoms with Gasteiger partial charge >= 0.3 is 12.0 Å². The van der Waals surface area contributed by atoms with Gasteiger partial charge in [-0.25, -0.2) is 4.79 Å². The molecule has 0 aliphatic heterocycles. The van der Waals surface area contributed by atoms with Crippen LogP contribution in [0.15, 0.2) is 24.3 Å². The van der Waals surface area contributed by atoms with E-state index < -0.39 is 18.5 Å². The van der Waals surface area contributed by atoms with Crippen LogP contribution in [0.5, 0.6) is 0 Å². The fourth-order valence-electron chi connectivity index (χ4n) is 1.52. The van der Waals surface area contributed by atoms with Crippen LogP contribution in [0.1, 0.15) is 6.92 Å². The predicted octanol–water partition coefficient (Wildman–Crippen LogP) is 1.20. The summed E-state index contributed by atoms with van der Waals surface area (Å²) in [5.41, 5.74) is 1.05. The van der Waals surface area contributed by atoms with E-state index in [2.05, 4.69) is 16.6 Å². The van der Waals surface area contributed by atoms with Crippen molar-refractivity contribution in [3.05, 3.63) is 24.3 Å². The molecule has 1 aromatic carbocycles. The van der Waals surface area contributed by atoms with Crippen molar-refractivity contribution in [3.63, 3.8) is 0 Å². The van der Waals surface area contributed by atoms with Crippen molar-refractivity contribution in [2.45, 2.75) is 6.92 Å². The summed E-state index contributed by atoms with van der Waals surface area (Å²) in [5, 5.41) is 13.8. The Kier molecular flexibility index (Phi) is 5.77. The SMILES string of the molecule is C#CCN(CC(=O)O)C(=O)Nc1ccc(NC(C)=O)cc1. The fourth-order valence-corrected chi connectivity index (χ4v) is 1.52. The Bertz CT molecular complexity index is 575. The van der Waals surface area contributed by atoms with E-state index in [9.17, 15) is 14.4 Å². The monoisotopic (exact) mass is 289 g/mol. The molecule has 0 aliphatic carbocycles. The third-order valence-electron chi connectivity index (χ3n) is 2.35. The number of anilines is 2. The molecule has 0 heterocycles. The van der Waals surface area contributed by atoms with Crippen molar-refractivity contribution in [1.82, 2.24) is 4.90 Å². The lowest BCUT2D eigenvalue weighted by Gasteiger charge is -2.18. The van der Waals surface area contributed by atoms with Crippen LogP contribution in [0, 0.1) is 12.3 Å². The van der Waals surface area contributed by atoms with Crippen LogP contribution in [0.4, 0.5) is 16.2 Å². The van der Waals surface area contributed by atoms with Crippen LogP contribution >= 0.6 is 0 Å². The number of terminal acetylenes is 1. The number of carboxylic acid groups (broad SMARTS) is 1. The number of benzene rings is 1. The highest BCUT2D eigenvalue weighted by Crippen LogP contribution is 2.14. The Morgan fingerprint density at radius 1 is 1.19 bits per heavy atom. The minimum Gasteiger partial charge on any atom is -0.480 e. The normalized spacial score (nSPS) is 9.33. The third kappa shape index (κ3) is 5.65. The number of hydrogen-bond acceptors (Lipinski definition) is 3. The molecule has 0 unspecified atom stereocenters. The first-order valence-corrected chi connectivity index (χ1v) is 6.01. The van der Waals surface area contributed by atoms with E-state index in [1.807, 2.05) is 0 Å². The van der Waals surface area contributed by atoms with Crippen molar-refractivity contribution in [1.29, 1.82) is 0 Å². The van der Waals surface area contributed by atoms with Gasteiger partial charge in [-0.1, -0.05) is 5.92 Å². The summed E-state index contributed by atoms with van der Waals surface area (Å²) in [5.74, 6) is 0.873. The second kappa shape index (κ2) is 7.55. The lowest BCUT2D eigenvalue weighted by molar-refractivity contribution is -0.137. The summed E-state index contributed by atoms with van der Waals surface area (Å²) in [7, 11) is 0. The maximum Gasteiger partial charge on any atom is 0.323 e. The Balaban J connectivity index is 2.70. The quantitative estimate of drug-likeness (QED) is 0.709. The Labute approximate surface area is 121 Å². The molecule has 0 fully saturated rings. The molecule has 0 atom stereocenters. The first kappa shape index (κ1) is 16.0. The van der Waals surface area contributed by atoms with Crippen molar-refractivity contribution >= 4 is 29.3 Å². The van der Waals surface area contributed by atoms with Gasteiger partial charge in [0, 0.05) is 18.3 Å². The van der Waals surface area contributed by atoms with Crippen LogP contribution in [0.2, 0.25) is 0 Å². The maximum absolute atomic E-state index is 11.9. The highest BCUT2D eigenvalue weighted by molar-refractivity contribution is 5.92. The number of carboxylic acids is 1. The molecule has 0 spiro atoms. The van der Waals surface area contributed by atoms with E-state index in [0.29, 0.717) is 11.4 Å². The molecule has 0 bridgehead atoms. The zero-order chi connectivity index (χ0) is 15.8. The molecule has 0 radical (unpaired) electrons. The number of nitrogens with zero attached hydrogens (tertiary/aromatic N) is 1. The highest BCUT2D eigenvalue weighted by atomic mass is 16.4. The molecule has 7 nitrogen and oxygen atoms in total. The zero-order valence-electron chi connectivity index (χ0n) is 11.4. The van der Waals surface area contributed by atoms with Gasteiger partial charge in [-0.15, -0.1) is 6.42 Å². The van der Waals surface area contributed by atoms with Gasteiger partial charge in [-0.05, 0) is 24.3 Å². The molecule has 3 amide bonds. The largest absolute Gasteiger partial charge is 0.480 e. The Morgan fingerprint density at radius 2 is 1.71 bits per heavy atom. The van der Waals surface area contributed by atoms with Gasteiger partial charge in [-0.3, -0.25) is 9.59 Å². The van der Waals surface area contributed by atoms with Crippen molar-refractivity contribution < 1.29 is 19.5 Å². The average Bonchev–Trinajstić information content (AvgIpc) is 2.39. The minimum absolute atomic E-state index is 0.109. The molecule has 3 N–H and O–H groups in total. The summed E-state index contributed by atoms with van der Waals surface area (Å²) in [6, 6.07) is 5.78. The van der Waals surface area contributed by atoms with Gasteiger partial charge in [0.15, 0.2) is 0 Å². The van der Waals surface area contributed by atoms with E-state index in [1.54, 1.807) is 24.3 Å². The fraction of sp³-hybridized carbons (Fsp3) is 0.214.